The smallest absolute Gasteiger partial charge is 0.245 e. The number of aliphatic hydroxyl groups is 2. The molecule has 1 saturated heterocycles. The molecular formula is C47H88N12O11. The van der Waals surface area contributed by atoms with Gasteiger partial charge in [0.25, 0.3) is 0 Å². The molecule has 1 heterocycles. The molecule has 1 rings (SSSR count). The summed E-state index contributed by atoms with van der Waals surface area (Å²) in [6.45, 7) is 13.7. The number of hydrogen-bond acceptors (Lipinski definition) is 14. The minimum absolute atomic E-state index is 0.0417. The molecule has 1 fully saturated rings. The highest BCUT2D eigenvalue weighted by molar-refractivity contribution is 5.98. The van der Waals surface area contributed by atoms with Crippen LogP contribution in [0.15, 0.2) is 0 Å². The van der Waals surface area contributed by atoms with Crippen molar-refractivity contribution in [1.29, 1.82) is 0 Å². The molecule has 70 heavy (non-hydrogen) atoms. The summed E-state index contributed by atoms with van der Waals surface area (Å²) in [6.07, 6.45) is 1.31. The summed E-state index contributed by atoms with van der Waals surface area (Å²) >= 11 is 0. The molecule has 0 aromatic heterocycles. The summed E-state index contributed by atoms with van der Waals surface area (Å²) in [5.74, 6) is -7.06. The monoisotopic (exact) mass is 997 g/mol. The van der Waals surface area contributed by atoms with Crippen LogP contribution in [-0.2, 0) is 43.2 Å². The molecule has 17 N–H and O–H groups in total. The molecule has 0 radical (unpaired) electrons. The Kier molecular flexibility index (Phi) is 30.2. The topological polar surface area (TPSA) is 380 Å². The van der Waals surface area contributed by atoms with E-state index in [0.717, 1.165) is 12.8 Å². The van der Waals surface area contributed by atoms with Crippen molar-refractivity contribution in [2.24, 2.45) is 40.9 Å². The molecule has 1 aliphatic rings. The summed E-state index contributed by atoms with van der Waals surface area (Å²) in [5.41, 5.74) is 17.6. The maximum absolute atomic E-state index is 14.2. The van der Waals surface area contributed by atoms with Crippen molar-refractivity contribution in [3.05, 3.63) is 0 Å². The van der Waals surface area contributed by atoms with E-state index >= 15 is 0 Å². The Hall–Kier alpha value is -4.97. The normalized spacial score (nSPS) is 23.9. The van der Waals surface area contributed by atoms with Gasteiger partial charge in [0, 0.05) is 6.54 Å². The molecular weight excluding hydrogens is 909 g/mol. The minimum atomic E-state index is -1.57. The zero-order valence-corrected chi connectivity index (χ0v) is 42.8. The molecule has 0 aliphatic carbocycles. The molecule has 1 aliphatic heterocycles. The van der Waals surface area contributed by atoms with E-state index in [1.807, 2.05) is 41.5 Å². The number of carbonyl (C=O) groups is 9. The molecule has 0 bridgehead atoms. The predicted molar refractivity (Wildman–Crippen MR) is 263 cm³/mol. The fourth-order valence-electron chi connectivity index (χ4n) is 7.75. The molecule has 9 atom stereocenters. The first-order chi connectivity index (χ1) is 33.0. The lowest BCUT2D eigenvalue weighted by atomic mass is 9.99. The zero-order valence-electron chi connectivity index (χ0n) is 42.8. The Balaban J connectivity index is 3.77. The molecule has 0 saturated carbocycles. The molecule has 0 aromatic carbocycles. The van der Waals surface area contributed by atoms with E-state index in [1.54, 1.807) is 0 Å². The Morgan fingerprint density at radius 2 is 0.929 bits per heavy atom. The van der Waals surface area contributed by atoms with Gasteiger partial charge in [-0.3, -0.25) is 43.2 Å². The molecule has 0 aromatic rings. The van der Waals surface area contributed by atoms with Crippen LogP contribution in [0.25, 0.3) is 0 Å². The lowest BCUT2D eigenvalue weighted by Gasteiger charge is -2.29. The molecule has 9 amide bonds. The van der Waals surface area contributed by atoms with Crippen molar-refractivity contribution in [2.75, 3.05) is 32.8 Å². The maximum atomic E-state index is 14.2. The van der Waals surface area contributed by atoms with Gasteiger partial charge >= 0.3 is 0 Å². The van der Waals surface area contributed by atoms with Gasteiger partial charge < -0.3 is 75.3 Å². The summed E-state index contributed by atoms with van der Waals surface area (Å²) in [5, 5.41) is 44.2. The van der Waals surface area contributed by atoms with Crippen molar-refractivity contribution in [3.8, 4) is 0 Å². The van der Waals surface area contributed by atoms with E-state index in [2.05, 4.69) is 61.7 Å². The molecule has 23 nitrogen and oxygen atoms in total. The van der Waals surface area contributed by atoms with Gasteiger partial charge in [-0.1, -0.05) is 74.7 Å². The first-order valence-corrected chi connectivity index (χ1v) is 25.0. The van der Waals surface area contributed by atoms with Gasteiger partial charge in [0.15, 0.2) is 0 Å². The molecule has 0 spiro atoms. The van der Waals surface area contributed by atoms with E-state index in [-0.39, 0.29) is 95.3 Å². The number of aliphatic hydroxyl groups excluding tert-OH is 2. The van der Waals surface area contributed by atoms with E-state index in [1.165, 1.54) is 0 Å². The fourth-order valence-corrected chi connectivity index (χ4v) is 7.75. The fraction of sp³-hybridized carbons (Fsp3) is 0.809. The number of nitrogens with one attached hydrogen (secondary N) is 9. The highest BCUT2D eigenvalue weighted by atomic mass is 16.3. The second-order valence-electron chi connectivity index (χ2n) is 20.0. The zero-order chi connectivity index (χ0) is 53.1. The molecule has 23 heteroatoms. The Bertz CT molecular complexity index is 1680. The second-order valence-corrected chi connectivity index (χ2v) is 20.0. The van der Waals surface area contributed by atoms with Crippen molar-refractivity contribution in [3.63, 3.8) is 0 Å². The van der Waals surface area contributed by atoms with Gasteiger partial charge in [-0.05, 0) is 94.7 Å². The highest BCUT2D eigenvalue weighted by Crippen LogP contribution is 2.14. The lowest BCUT2D eigenvalue weighted by Crippen LogP contribution is -2.61. The van der Waals surface area contributed by atoms with E-state index in [0.29, 0.717) is 18.8 Å². The van der Waals surface area contributed by atoms with Crippen molar-refractivity contribution >= 4 is 53.2 Å². The van der Waals surface area contributed by atoms with Gasteiger partial charge in [0.2, 0.25) is 53.2 Å². The Morgan fingerprint density at radius 3 is 1.31 bits per heavy atom. The van der Waals surface area contributed by atoms with Gasteiger partial charge in [-0.2, -0.15) is 0 Å². The van der Waals surface area contributed by atoms with E-state index in [4.69, 9.17) is 17.2 Å². The van der Waals surface area contributed by atoms with Crippen molar-refractivity contribution < 1.29 is 53.4 Å². The van der Waals surface area contributed by atoms with Crippen LogP contribution in [0.5, 0.6) is 0 Å². The van der Waals surface area contributed by atoms with Crippen LogP contribution in [0.2, 0.25) is 0 Å². The summed E-state index contributed by atoms with van der Waals surface area (Å²) < 4.78 is 0. The van der Waals surface area contributed by atoms with Crippen LogP contribution in [0, 0.1) is 23.7 Å². The number of rotatable bonds is 23. The average Bonchev–Trinajstić information content (AvgIpc) is 3.26. The number of carbonyl (C=O) groups excluding carboxylic acids is 9. The SMILES string of the molecule is CC(C)CCCCC(O)CC(=O)NC(CO)C(=O)NC1CCNC(=O)C(CC(C)C)NC(=O)C(CCN)NC(=O)C(CCN)NC(=O)C(CC(C)C)NC(=O)C(CC(C)C)NC(=O)C(CCN)NC1=O. The summed E-state index contributed by atoms with van der Waals surface area (Å²) in [4.78, 5) is 124. The maximum Gasteiger partial charge on any atom is 0.245 e. The number of hydrogen-bond donors (Lipinski definition) is 14. The third-order valence-corrected chi connectivity index (χ3v) is 11.5. The van der Waals surface area contributed by atoms with Crippen molar-refractivity contribution in [1.82, 2.24) is 47.9 Å². The van der Waals surface area contributed by atoms with Crippen LogP contribution in [-0.4, -0.2) is 151 Å². The predicted octanol–water partition coefficient (Wildman–Crippen LogP) is -2.47. The molecule has 402 valence electrons. The van der Waals surface area contributed by atoms with Crippen molar-refractivity contribution in [2.45, 2.75) is 187 Å². The highest BCUT2D eigenvalue weighted by Gasteiger charge is 2.35. The summed E-state index contributed by atoms with van der Waals surface area (Å²) in [6, 6.07) is -10.6. The van der Waals surface area contributed by atoms with Gasteiger partial charge in [-0.25, -0.2) is 0 Å². The third kappa shape index (κ3) is 24.7. The van der Waals surface area contributed by atoms with Crippen LogP contribution in [0.1, 0.15) is 132 Å². The van der Waals surface area contributed by atoms with Crippen LogP contribution < -0.4 is 65.1 Å². The van der Waals surface area contributed by atoms with Crippen LogP contribution >= 0.6 is 0 Å². The largest absolute Gasteiger partial charge is 0.394 e. The first kappa shape index (κ1) is 63.0. The van der Waals surface area contributed by atoms with E-state index in [9.17, 15) is 53.4 Å². The number of amides is 9. The summed E-state index contributed by atoms with van der Waals surface area (Å²) in [7, 11) is 0. The van der Waals surface area contributed by atoms with Gasteiger partial charge in [-0.15, -0.1) is 0 Å². The van der Waals surface area contributed by atoms with Crippen LogP contribution in [0.3, 0.4) is 0 Å². The Morgan fingerprint density at radius 1 is 0.557 bits per heavy atom. The van der Waals surface area contributed by atoms with Crippen LogP contribution in [0.4, 0.5) is 0 Å². The average molecular weight is 997 g/mol. The lowest BCUT2D eigenvalue weighted by molar-refractivity contribution is -0.136. The number of unbranched alkanes of at least 4 members (excludes halogenated alkanes) is 1. The quantitative estimate of drug-likeness (QED) is 0.0472. The first-order valence-electron chi connectivity index (χ1n) is 25.0. The third-order valence-electron chi connectivity index (χ3n) is 11.5. The Labute approximate surface area is 414 Å². The standard InChI is InChI=1S/C47H88N12O11/c1-26(2)11-9-10-12-30(61)24-39(62)52-38(25-60)47(70)56-34-16-20-51-40(63)35(21-27(3)4)57-42(65)32(14-18-49)53-41(64)31(13-17-48)55-45(68)36(22-28(5)6)59-46(69)37(23-29(7)8)58-43(66)33(15-19-50)54-44(34)67/h26-38,60-61H,9-25,48-50H2,1-8H3,(H,51,63)(H,52,62)(H,53,64)(H,54,67)(H,55,68)(H,56,70)(H,57,65)(H,58,66)(H,59,69). The minimum Gasteiger partial charge on any atom is -0.394 e. The second kappa shape index (κ2) is 33.6. The molecule has 9 unspecified atom stereocenters. The van der Waals surface area contributed by atoms with E-state index < -0.39 is 114 Å². The van der Waals surface area contributed by atoms with Gasteiger partial charge in [0.1, 0.15) is 48.3 Å². The number of nitrogens with two attached hydrogens (primary N) is 3. The van der Waals surface area contributed by atoms with Gasteiger partial charge in [0.05, 0.1) is 19.1 Å².